The maximum Gasteiger partial charge on any atom is 0.223 e. The second-order valence-corrected chi connectivity index (χ2v) is 3.80. The Kier molecular flexibility index (Phi) is 2.63. The van der Waals surface area contributed by atoms with Crippen molar-refractivity contribution in [2.24, 2.45) is 0 Å². The van der Waals surface area contributed by atoms with Gasteiger partial charge in [-0.1, -0.05) is 0 Å². The Bertz CT molecular complexity index is 318. The second kappa shape index (κ2) is 3.92. The first-order valence-electron chi connectivity index (χ1n) is 5.03. The number of anilines is 1. The van der Waals surface area contributed by atoms with E-state index in [1.165, 1.54) is 0 Å². The minimum absolute atomic E-state index is 0.483. The average Bonchev–Trinajstić information content (AvgIpc) is 2.64. The van der Waals surface area contributed by atoms with Crippen molar-refractivity contribution in [2.45, 2.75) is 26.3 Å². The minimum atomic E-state index is 0.483. The van der Waals surface area contributed by atoms with Gasteiger partial charge in [0.25, 0.3) is 0 Å². The summed E-state index contributed by atoms with van der Waals surface area (Å²) in [6.07, 6.45) is 3.02. The first-order chi connectivity index (χ1) is 6.75. The Hall–Kier alpha value is -1.16. The number of hydrogen-bond donors (Lipinski definition) is 2. The monoisotopic (exact) mass is 192 g/mol. The first-order valence-corrected chi connectivity index (χ1v) is 5.03. The highest BCUT2D eigenvalue weighted by atomic mass is 15.1. The van der Waals surface area contributed by atoms with Gasteiger partial charge in [0.05, 0.1) is 0 Å². The third-order valence-electron chi connectivity index (χ3n) is 2.62. The van der Waals surface area contributed by atoms with Gasteiger partial charge in [-0.2, -0.15) is 0 Å². The van der Waals surface area contributed by atoms with Gasteiger partial charge in [0, 0.05) is 24.5 Å². The lowest BCUT2D eigenvalue weighted by atomic mass is 10.2. The van der Waals surface area contributed by atoms with Gasteiger partial charge in [0.1, 0.15) is 0 Å². The zero-order valence-corrected chi connectivity index (χ0v) is 8.67. The van der Waals surface area contributed by atoms with Gasteiger partial charge in [0.15, 0.2) is 0 Å². The summed E-state index contributed by atoms with van der Waals surface area (Å²) < 4.78 is 0. The molecule has 1 aromatic heterocycles. The predicted molar refractivity (Wildman–Crippen MR) is 56.4 cm³/mol. The largest absolute Gasteiger partial charge is 0.350 e. The van der Waals surface area contributed by atoms with Gasteiger partial charge in [-0.25, -0.2) is 9.97 Å². The molecule has 0 saturated carbocycles. The number of rotatable bonds is 2. The lowest BCUT2D eigenvalue weighted by molar-refractivity contribution is 0.778. The number of hydrogen-bond acceptors (Lipinski definition) is 4. The summed E-state index contributed by atoms with van der Waals surface area (Å²) in [5.41, 5.74) is 2.19. The van der Waals surface area contributed by atoms with Crippen LogP contribution in [0.4, 0.5) is 5.95 Å². The van der Waals surface area contributed by atoms with Crippen LogP contribution < -0.4 is 10.6 Å². The van der Waals surface area contributed by atoms with E-state index in [9.17, 15) is 0 Å². The molecule has 0 radical (unpaired) electrons. The molecule has 1 fully saturated rings. The number of nitrogens with zero attached hydrogens (tertiary/aromatic N) is 2. The van der Waals surface area contributed by atoms with Crippen LogP contribution in [0.15, 0.2) is 6.20 Å². The molecule has 14 heavy (non-hydrogen) atoms. The fourth-order valence-corrected chi connectivity index (χ4v) is 1.56. The van der Waals surface area contributed by atoms with Crippen LogP contribution in [0.25, 0.3) is 0 Å². The maximum absolute atomic E-state index is 4.39. The highest BCUT2D eigenvalue weighted by Gasteiger charge is 2.14. The molecule has 4 nitrogen and oxygen atoms in total. The highest BCUT2D eigenvalue weighted by Crippen LogP contribution is 2.08. The Morgan fingerprint density at radius 3 is 3.00 bits per heavy atom. The number of nitrogens with one attached hydrogen (secondary N) is 2. The molecule has 2 N–H and O–H groups in total. The molecule has 1 aliphatic heterocycles. The fourth-order valence-electron chi connectivity index (χ4n) is 1.56. The van der Waals surface area contributed by atoms with Gasteiger partial charge < -0.3 is 10.6 Å². The van der Waals surface area contributed by atoms with Crippen molar-refractivity contribution in [1.82, 2.24) is 15.3 Å². The second-order valence-electron chi connectivity index (χ2n) is 3.80. The zero-order chi connectivity index (χ0) is 9.97. The number of aryl methyl sites for hydroxylation is 2. The van der Waals surface area contributed by atoms with Crippen LogP contribution in [0.1, 0.15) is 17.7 Å². The minimum Gasteiger partial charge on any atom is -0.350 e. The first kappa shape index (κ1) is 9.40. The maximum atomic E-state index is 4.39. The van der Waals surface area contributed by atoms with Crippen molar-refractivity contribution in [1.29, 1.82) is 0 Å². The van der Waals surface area contributed by atoms with Crippen molar-refractivity contribution in [3.63, 3.8) is 0 Å². The average molecular weight is 192 g/mol. The van der Waals surface area contributed by atoms with E-state index in [-0.39, 0.29) is 0 Å². The van der Waals surface area contributed by atoms with Gasteiger partial charge in [-0.05, 0) is 32.4 Å². The van der Waals surface area contributed by atoms with E-state index in [2.05, 4.69) is 20.6 Å². The summed E-state index contributed by atoms with van der Waals surface area (Å²) in [5, 5.41) is 6.62. The smallest absolute Gasteiger partial charge is 0.223 e. The fraction of sp³-hybridized carbons (Fsp3) is 0.600. The molecule has 1 unspecified atom stereocenters. The molecule has 1 aromatic rings. The van der Waals surface area contributed by atoms with Crippen molar-refractivity contribution >= 4 is 5.95 Å². The lowest BCUT2D eigenvalue weighted by Crippen LogP contribution is -2.23. The highest BCUT2D eigenvalue weighted by molar-refractivity contribution is 5.30. The molecule has 0 amide bonds. The van der Waals surface area contributed by atoms with E-state index in [0.29, 0.717) is 6.04 Å². The summed E-state index contributed by atoms with van der Waals surface area (Å²) in [4.78, 5) is 8.64. The SMILES string of the molecule is Cc1cnc(NC2CCNC2)nc1C. The molecule has 76 valence electrons. The number of aromatic nitrogens is 2. The van der Waals surface area contributed by atoms with Crippen molar-refractivity contribution in [2.75, 3.05) is 18.4 Å². The summed E-state index contributed by atoms with van der Waals surface area (Å²) >= 11 is 0. The van der Waals surface area contributed by atoms with Gasteiger partial charge in [-0.15, -0.1) is 0 Å². The van der Waals surface area contributed by atoms with E-state index < -0.39 is 0 Å². The summed E-state index contributed by atoms with van der Waals surface area (Å²) in [6.45, 7) is 6.13. The van der Waals surface area contributed by atoms with E-state index >= 15 is 0 Å². The molecule has 0 bridgehead atoms. The molecule has 4 heteroatoms. The molecule has 1 atom stereocenters. The van der Waals surface area contributed by atoms with Crippen molar-refractivity contribution in [3.05, 3.63) is 17.5 Å². The normalized spacial score (nSPS) is 21.1. The Balaban J connectivity index is 2.05. The third-order valence-corrected chi connectivity index (χ3v) is 2.62. The Morgan fingerprint density at radius 1 is 1.50 bits per heavy atom. The van der Waals surface area contributed by atoms with E-state index in [1.54, 1.807) is 0 Å². The molecular weight excluding hydrogens is 176 g/mol. The molecule has 0 aliphatic carbocycles. The van der Waals surface area contributed by atoms with Crippen LogP contribution in [-0.4, -0.2) is 29.1 Å². The summed E-state index contributed by atoms with van der Waals surface area (Å²) in [5.74, 6) is 0.752. The van der Waals surface area contributed by atoms with Crippen LogP contribution in [-0.2, 0) is 0 Å². The summed E-state index contributed by atoms with van der Waals surface area (Å²) in [7, 11) is 0. The Labute approximate surface area is 84.2 Å². The quantitative estimate of drug-likeness (QED) is 0.730. The van der Waals surface area contributed by atoms with Crippen molar-refractivity contribution in [3.8, 4) is 0 Å². The predicted octanol–water partition coefficient (Wildman–Crippen LogP) is 0.867. The molecule has 1 aliphatic rings. The van der Waals surface area contributed by atoms with E-state index in [4.69, 9.17) is 0 Å². The molecule has 0 spiro atoms. The molecule has 1 saturated heterocycles. The standard InChI is InChI=1S/C10H16N4/c1-7-5-12-10(13-8(7)2)14-9-3-4-11-6-9/h5,9,11H,3-4,6H2,1-2H3,(H,12,13,14). The Morgan fingerprint density at radius 2 is 2.36 bits per heavy atom. The topological polar surface area (TPSA) is 49.8 Å². The van der Waals surface area contributed by atoms with Crippen LogP contribution >= 0.6 is 0 Å². The molecule has 2 rings (SSSR count). The van der Waals surface area contributed by atoms with Gasteiger partial charge in [0.2, 0.25) is 5.95 Å². The van der Waals surface area contributed by atoms with Crippen LogP contribution in [0.5, 0.6) is 0 Å². The lowest BCUT2D eigenvalue weighted by Gasteiger charge is -2.11. The van der Waals surface area contributed by atoms with Crippen LogP contribution in [0.3, 0.4) is 0 Å². The van der Waals surface area contributed by atoms with E-state index in [0.717, 1.165) is 36.7 Å². The van der Waals surface area contributed by atoms with Gasteiger partial charge >= 0.3 is 0 Å². The third kappa shape index (κ3) is 2.01. The summed E-state index contributed by atoms with van der Waals surface area (Å²) in [6, 6.07) is 0.483. The van der Waals surface area contributed by atoms with Crippen molar-refractivity contribution < 1.29 is 0 Å². The molecule has 0 aromatic carbocycles. The van der Waals surface area contributed by atoms with Crippen LogP contribution in [0.2, 0.25) is 0 Å². The molecule has 2 heterocycles. The van der Waals surface area contributed by atoms with E-state index in [1.807, 2.05) is 20.0 Å². The zero-order valence-electron chi connectivity index (χ0n) is 8.67. The van der Waals surface area contributed by atoms with Crippen LogP contribution in [0, 0.1) is 13.8 Å². The van der Waals surface area contributed by atoms with Gasteiger partial charge in [-0.3, -0.25) is 0 Å². The molecular formula is C10H16N4.